The van der Waals surface area contributed by atoms with E-state index < -0.39 is 55.9 Å². The maximum atomic E-state index is 12.3. The maximum Gasteiger partial charge on any atom is 0.508 e. The van der Waals surface area contributed by atoms with Crippen LogP contribution in [0.1, 0.15) is 25.7 Å². The standard InChI is InChI=1S/C9H10F4O3/c10-8(11)1-5(2-8)15-7(14)16-6-3-9(12,13)4-6/h5-6H,1-4H2. The number of ether oxygens (including phenoxy) is 2. The molecule has 0 amide bonds. The Morgan fingerprint density at radius 2 is 1.19 bits per heavy atom. The van der Waals surface area contributed by atoms with Crippen LogP contribution < -0.4 is 0 Å². The molecule has 0 aromatic rings. The normalized spacial score (nSPS) is 27.8. The van der Waals surface area contributed by atoms with Gasteiger partial charge in [0.15, 0.2) is 0 Å². The summed E-state index contributed by atoms with van der Waals surface area (Å²) in [6.45, 7) is 0. The highest BCUT2D eigenvalue weighted by Gasteiger charge is 2.50. The summed E-state index contributed by atoms with van der Waals surface area (Å²) in [5.41, 5.74) is 0. The van der Waals surface area contributed by atoms with Gasteiger partial charge in [-0.25, -0.2) is 22.4 Å². The van der Waals surface area contributed by atoms with Gasteiger partial charge in [-0.15, -0.1) is 0 Å². The second kappa shape index (κ2) is 3.49. The van der Waals surface area contributed by atoms with Crippen molar-refractivity contribution < 1.29 is 31.8 Å². The van der Waals surface area contributed by atoms with E-state index in [-0.39, 0.29) is 0 Å². The second-order valence-corrected chi connectivity index (χ2v) is 4.26. The van der Waals surface area contributed by atoms with Crippen molar-refractivity contribution in [2.45, 2.75) is 49.7 Å². The van der Waals surface area contributed by atoms with E-state index >= 15 is 0 Å². The van der Waals surface area contributed by atoms with E-state index in [1.165, 1.54) is 0 Å². The zero-order valence-corrected chi connectivity index (χ0v) is 8.22. The highest BCUT2D eigenvalue weighted by molar-refractivity contribution is 5.60. The van der Waals surface area contributed by atoms with E-state index in [4.69, 9.17) is 0 Å². The Kier molecular flexibility index (Phi) is 2.51. The third-order valence-electron chi connectivity index (χ3n) is 2.63. The van der Waals surface area contributed by atoms with Gasteiger partial charge in [-0.2, -0.15) is 0 Å². The van der Waals surface area contributed by atoms with Gasteiger partial charge >= 0.3 is 6.16 Å². The second-order valence-electron chi connectivity index (χ2n) is 4.26. The topological polar surface area (TPSA) is 35.5 Å². The van der Waals surface area contributed by atoms with E-state index in [0.29, 0.717) is 0 Å². The Labute approximate surface area is 88.7 Å². The summed E-state index contributed by atoms with van der Waals surface area (Å²) in [7, 11) is 0. The first-order valence-electron chi connectivity index (χ1n) is 4.89. The van der Waals surface area contributed by atoms with Gasteiger partial charge in [0.1, 0.15) is 12.2 Å². The zero-order chi connectivity index (χ0) is 12.0. The molecule has 16 heavy (non-hydrogen) atoms. The van der Waals surface area contributed by atoms with Crippen molar-refractivity contribution in [1.82, 2.24) is 0 Å². The summed E-state index contributed by atoms with van der Waals surface area (Å²) in [6, 6.07) is 0. The van der Waals surface area contributed by atoms with Gasteiger partial charge in [0, 0.05) is 25.7 Å². The van der Waals surface area contributed by atoms with Crippen LogP contribution in [0.2, 0.25) is 0 Å². The number of rotatable bonds is 2. The lowest BCUT2D eigenvalue weighted by molar-refractivity contribution is -0.176. The summed E-state index contributed by atoms with van der Waals surface area (Å²) in [4.78, 5) is 10.9. The molecule has 0 bridgehead atoms. The Morgan fingerprint density at radius 1 is 0.875 bits per heavy atom. The van der Waals surface area contributed by atoms with Gasteiger partial charge in [0.25, 0.3) is 11.8 Å². The molecule has 0 aromatic carbocycles. The van der Waals surface area contributed by atoms with Crippen LogP contribution in [-0.4, -0.2) is 30.2 Å². The third kappa shape index (κ3) is 2.56. The fourth-order valence-corrected chi connectivity index (χ4v) is 1.68. The molecule has 0 aliphatic heterocycles. The maximum absolute atomic E-state index is 12.3. The molecule has 0 spiro atoms. The molecule has 2 aliphatic carbocycles. The minimum atomic E-state index is -2.78. The Morgan fingerprint density at radius 3 is 1.44 bits per heavy atom. The lowest BCUT2D eigenvalue weighted by Gasteiger charge is -2.36. The highest BCUT2D eigenvalue weighted by Crippen LogP contribution is 2.41. The monoisotopic (exact) mass is 242 g/mol. The molecule has 92 valence electrons. The average Bonchev–Trinajstić information content (AvgIpc) is 1.96. The first-order valence-corrected chi connectivity index (χ1v) is 4.89. The van der Waals surface area contributed by atoms with Gasteiger partial charge in [0.05, 0.1) is 0 Å². The van der Waals surface area contributed by atoms with Gasteiger partial charge in [-0.3, -0.25) is 0 Å². The minimum Gasteiger partial charge on any atom is -0.430 e. The molecular weight excluding hydrogens is 232 g/mol. The van der Waals surface area contributed by atoms with Crippen molar-refractivity contribution in [3.05, 3.63) is 0 Å². The molecule has 0 saturated heterocycles. The quantitative estimate of drug-likeness (QED) is 0.551. The number of carbonyl (C=O) groups excluding carboxylic acids is 1. The van der Waals surface area contributed by atoms with Gasteiger partial charge in [-0.1, -0.05) is 0 Å². The summed E-state index contributed by atoms with van der Waals surface area (Å²) >= 11 is 0. The first kappa shape index (κ1) is 11.5. The van der Waals surface area contributed by atoms with Gasteiger partial charge < -0.3 is 9.47 Å². The number of hydrogen-bond acceptors (Lipinski definition) is 3. The molecule has 0 unspecified atom stereocenters. The Bertz CT molecular complexity index is 261. The van der Waals surface area contributed by atoms with E-state index in [2.05, 4.69) is 9.47 Å². The van der Waals surface area contributed by atoms with Gasteiger partial charge in [0.2, 0.25) is 0 Å². The molecule has 2 rings (SSSR count). The van der Waals surface area contributed by atoms with Crippen molar-refractivity contribution in [2.24, 2.45) is 0 Å². The minimum absolute atomic E-state index is 0.525. The zero-order valence-electron chi connectivity index (χ0n) is 8.22. The predicted molar refractivity (Wildman–Crippen MR) is 43.5 cm³/mol. The van der Waals surface area contributed by atoms with Crippen LogP contribution in [0.25, 0.3) is 0 Å². The third-order valence-corrected chi connectivity index (χ3v) is 2.63. The van der Waals surface area contributed by atoms with E-state index in [1.807, 2.05) is 0 Å². The van der Waals surface area contributed by atoms with Crippen LogP contribution in [0.4, 0.5) is 22.4 Å². The number of carbonyl (C=O) groups is 1. The van der Waals surface area contributed by atoms with Crippen molar-refractivity contribution >= 4 is 6.16 Å². The molecule has 0 atom stereocenters. The molecule has 2 fully saturated rings. The largest absolute Gasteiger partial charge is 0.508 e. The van der Waals surface area contributed by atoms with Crippen molar-refractivity contribution in [1.29, 1.82) is 0 Å². The SMILES string of the molecule is O=C(OC1CC(F)(F)C1)OC1CC(F)(F)C1. The van der Waals surface area contributed by atoms with E-state index in [1.54, 1.807) is 0 Å². The fourth-order valence-electron chi connectivity index (χ4n) is 1.68. The van der Waals surface area contributed by atoms with E-state index in [0.717, 1.165) is 0 Å². The molecule has 0 N–H and O–H groups in total. The molecule has 2 aliphatic rings. The predicted octanol–water partition coefficient (Wildman–Crippen LogP) is 2.74. The van der Waals surface area contributed by atoms with Crippen LogP contribution in [0.3, 0.4) is 0 Å². The first-order chi connectivity index (χ1) is 7.26. The van der Waals surface area contributed by atoms with Crippen LogP contribution in [0.15, 0.2) is 0 Å². The molecular formula is C9H10F4O3. The van der Waals surface area contributed by atoms with Crippen molar-refractivity contribution in [3.8, 4) is 0 Å². The average molecular weight is 242 g/mol. The molecule has 7 heteroatoms. The molecule has 2 saturated carbocycles. The lowest BCUT2D eigenvalue weighted by atomic mass is 9.91. The Hall–Kier alpha value is -1.01. The van der Waals surface area contributed by atoms with Gasteiger partial charge in [-0.05, 0) is 0 Å². The number of hydrogen-bond donors (Lipinski definition) is 0. The van der Waals surface area contributed by atoms with E-state index in [9.17, 15) is 22.4 Å². The molecule has 0 heterocycles. The van der Waals surface area contributed by atoms with Crippen molar-refractivity contribution in [2.75, 3.05) is 0 Å². The molecule has 3 nitrogen and oxygen atoms in total. The Balaban J connectivity index is 1.63. The fraction of sp³-hybridized carbons (Fsp3) is 0.889. The smallest absolute Gasteiger partial charge is 0.430 e. The lowest BCUT2D eigenvalue weighted by Crippen LogP contribution is -2.45. The molecule has 0 aromatic heterocycles. The van der Waals surface area contributed by atoms with Crippen molar-refractivity contribution in [3.63, 3.8) is 0 Å². The van der Waals surface area contributed by atoms with Crippen LogP contribution in [-0.2, 0) is 9.47 Å². The summed E-state index contributed by atoms with van der Waals surface area (Å²) in [5, 5.41) is 0. The summed E-state index contributed by atoms with van der Waals surface area (Å²) in [6.07, 6.45) is -4.95. The van der Waals surface area contributed by atoms with Crippen LogP contribution in [0, 0.1) is 0 Å². The highest BCUT2D eigenvalue weighted by atomic mass is 19.3. The summed E-state index contributed by atoms with van der Waals surface area (Å²) < 4.78 is 58.4. The number of alkyl halides is 4. The number of halogens is 4. The summed E-state index contributed by atoms with van der Waals surface area (Å²) in [5.74, 6) is -5.57. The molecule has 0 radical (unpaired) electrons. The van der Waals surface area contributed by atoms with Crippen LogP contribution in [0.5, 0.6) is 0 Å². The van der Waals surface area contributed by atoms with Crippen LogP contribution >= 0.6 is 0 Å².